The van der Waals surface area contributed by atoms with Gasteiger partial charge in [0.2, 0.25) is 0 Å². The van der Waals surface area contributed by atoms with Crippen LogP contribution in [0, 0.1) is 0 Å². The van der Waals surface area contributed by atoms with Crippen LogP contribution in [0.5, 0.6) is 0 Å². The molecule has 2 aromatic heterocycles. The topological polar surface area (TPSA) is 58.1 Å². The number of hydrogen-bond donors (Lipinski definition) is 1. The van der Waals surface area contributed by atoms with E-state index in [1.54, 1.807) is 18.1 Å². The Bertz CT molecular complexity index is 1190. The van der Waals surface area contributed by atoms with Crippen molar-refractivity contribution in [2.45, 2.75) is 0 Å². The van der Waals surface area contributed by atoms with E-state index in [9.17, 15) is 4.79 Å². The molecule has 3 heterocycles. The predicted molar refractivity (Wildman–Crippen MR) is 119 cm³/mol. The largest absolute Gasteiger partial charge is 0.322 e. The Morgan fingerprint density at radius 2 is 1.83 bits per heavy atom. The molecule has 0 atom stereocenters. The van der Waals surface area contributed by atoms with Crippen molar-refractivity contribution in [1.82, 2.24) is 9.97 Å². The molecule has 142 valence electrons. The van der Waals surface area contributed by atoms with Gasteiger partial charge in [-0.25, -0.2) is 4.98 Å². The van der Waals surface area contributed by atoms with Gasteiger partial charge in [0.25, 0.3) is 5.91 Å². The Morgan fingerprint density at radius 1 is 0.966 bits per heavy atom. The summed E-state index contributed by atoms with van der Waals surface area (Å²) in [6.45, 7) is 1.06. The minimum atomic E-state index is -0.124. The van der Waals surface area contributed by atoms with Gasteiger partial charge in [-0.05, 0) is 72.6 Å². The molecule has 29 heavy (non-hydrogen) atoms. The van der Waals surface area contributed by atoms with E-state index in [1.165, 1.54) is 0 Å². The van der Waals surface area contributed by atoms with Gasteiger partial charge in [-0.2, -0.15) is 0 Å². The summed E-state index contributed by atoms with van der Waals surface area (Å²) in [6, 6.07) is 23.2. The molecule has 2 aromatic carbocycles. The number of nitrogens with zero attached hydrogens (tertiary/aromatic N) is 3. The van der Waals surface area contributed by atoms with E-state index < -0.39 is 0 Å². The third kappa shape index (κ3) is 3.67. The Balaban J connectivity index is 1.35. The molecule has 0 unspecified atom stereocenters. The fourth-order valence-electron chi connectivity index (χ4n) is 3.24. The SMILES string of the molecule is O=C(Nc1cccc(-c2ccc3ncccc3n2)c1)c1ccc(N2CCS2)cc1. The van der Waals surface area contributed by atoms with Crippen molar-refractivity contribution < 1.29 is 4.79 Å². The van der Waals surface area contributed by atoms with Crippen LogP contribution >= 0.6 is 11.9 Å². The lowest BCUT2D eigenvalue weighted by Gasteiger charge is -2.31. The molecule has 0 aliphatic carbocycles. The molecular weight excluding hydrogens is 380 g/mol. The molecule has 1 aliphatic rings. The third-order valence-electron chi connectivity index (χ3n) is 4.83. The molecule has 5 nitrogen and oxygen atoms in total. The number of hydrogen-bond acceptors (Lipinski definition) is 5. The van der Waals surface area contributed by atoms with Crippen LogP contribution in [0.3, 0.4) is 0 Å². The molecule has 1 N–H and O–H groups in total. The van der Waals surface area contributed by atoms with Crippen LogP contribution in [0.1, 0.15) is 10.4 Å². The van der Waals surface area contributed by atoms with Crippen LogP contribution in [0.25, 0.3) is 22.3 Å². The molecule has 0 spiro atoms. The van der Waals surface area contributed by atoms with Gasteiger partial charge in [0, 0.05) is 41.0 Å². The van der Waals surface area contributed by atoms with Gasteiger partial charge in [-0.15, -0.1) is 0 Å². The van der Waals surface area contributed by atoms with Crippen molar-refractivity contribution in [3.05, 3.63) is 84.6 Å². The Labute approximate surface area is 172 Å². The minimum absolute atomic E-state index is 0.124. The van der Waals surface area contributed by atoms with Crippen molar-refractivity contribution >= 4 is 40.3 Å². The van der Waals surface area contributed by atoms with Gasteiger partial charge < -0.3 is 9.62 Å². The van der Waals surface area contributed by atoms with Crippen LogP contribution in [0.15, 0.2) is 79.0 Å². The summed E-state index contributed by atoms with van der Waals surface area (Å²) in [6.07, 6.45) is 1.76. The minimum Gasteiger partial charge on any atom is -0.322 e. The highest BCUT2D eigenvalue weighted by Crippen LogP contribution is 2.29. The van der Waals surface area contributed by atoms with Gasteiger partial charge >= 0.3 is 0 Å². The first-order chi connectivity index (χ1) is 14.3. The van der Waals surface area contributed by atoms with Crippen molar-refractivity contribution in [1.29, 1.82) is 0 Å². The first-order valence-electron chi connectivity index (χ1n) is 9.40. The van der Waals surface area contributed by atoms with Crippen molar-refractivity contribution in [2.24, 2.45) is 0 Å². The second-order valence-electron chi connectivity index (χ2n) is 6.76. The molecule has 5 rings (SSSR count). The number of pyridine rings is 2. The van der Waals surface area contributed by atoms with E-state index in [1.807, 2.05) is 72.8 Å². The van der Waals surface area contributed by atoms with E-state index >= 15 is 0 Å². The van der Waals surface area contributed by atoms with E-state index in [0.717, 1.165) is 46.0 Å². The fourth-order valence-corrected chi connectivity index (χ4v) is 3.88. The lowest BCUT2D eigenvalue weighted by molar-refractivity contribution is 0.102. The first-order valence-corrected chi connectivity index (χ1v) is 10.3. The molecular formula is C23H18N4OS. The number of rotatable bonds is 4. The molecule has 1 fully saturated rings. The average molecular weight is 398 g/mol. The van der Waals surface area contributed by atoms with Crippen molar-refractivity contribution in [3.8, 4) is 11.3 Å². The monoisotopic (exact) mass is 398 g/mol. The number of carbonyl (C=O) groups is 1. The molecule has 4 aromatic rings. The quantitative estimate of drug-likeness (QED) is 0.489. The Kier molecular flexibility index (Phi) is 4.62. The first kappa shape index (κ1) is 17.7. The number of benzene rings is 2. The molecule has 1 aliphatic heterocycles. The molecule has 6 heteroatoms. The maximum Gasteiger partial charge on any atom is 0.255 e. The summed E-state index contributed by atoms with van der Waals surface area (Å²) < 4.78 is 2.22. The van der Waals surface area contributed by atoms with E-state index in [4.69, 9.17) is 0 Å². The zero-order chi connectivity index (χ0) is 19.6. The fraction of sp³-hybridized carbons (Fsp3) is 0.0870. The maximum absolute atomic E-state index is 12.6. The van der Waals surface area contributed by atoms with Crippen LogP contribution in [-0.2, 0) is 0 Å². The second kappa shape index (κ2) is 7.56. The molecule has 0 saturated carbocycles. The number of aromatic nitrogens is 2. The van der Waals surface area contributed by atoms with Gasteiger partial charge in [-0.1, -0.05) is 12.1 Å². The predicted octanol–water partition coefficient (Wildman–Crippen LogP) is 5.02. The molecule has 1 amide bonds. The van der Waals surface area contributed by atoms with Crippen LogP contribution in [0.2, 0.25) is 0 Å². The Hall–Kier alpha value is -3.38. The highest BCUT2D eigenvalue weighted by atomic mass is 32.2. The summed E-state index contributed by atoms with van der Waals surface area (Å²) in [4.78, 5) is 21.6. The zero-order valence-corrected chi connectivity index (χ0v) is 16.4. The Morgan fingerprint density at radius 3 is 2.62 bits per heavy atom. The maximum atomic E-state index is 12.6. The number of amides is 1. The molecule has 0 bridgehead atoms. The third-order valence-corrected chi connectivity index (χ3v) is 5.90. The number of anilines is 2. The summed E-state index contributed by atoms with van der Waals surface area (Å²) in [5.41, 5.74) is 6.01. The van der Waals surface area contributed by atoms with Gasteiger partial charge in [-0.3, -0.25) is 9.78 Å². The average Bonchev–Trinajstić information content (AvgIpc) is 2.73. The summed E-state index contributed by atoms with van der Waals surface area (Å²) in [7, 11) is 0. The van der Waals surface area contributed by atoms with Crippen LogP contribution in [0.4, 0.5) is 11.4 Å². The number of fused-ring (bicyclic) bond motifs is 1. The van der Waals surface area contributed by atoms with Crippen LogP contribution < -0.4 is 9.62 Å². The van der Waals surface area contributed by atoms with E-state index in [0.29, 0.717) is 5.56 Å². The number of nitrogens with one attached hydrogen (secondary N) is 1. The molecule has 1 saturated heterocycles. The van der Waals surface area contributed by atoms with Crippen molar-refractivity contribution in [2.75, 3.05) is 21.9 Å². The van der Waals surface area contributed by atoms with E-state index in [2.05, 4.69) is 19.6 Å². The highest BCUT2D eigenvalue weighted by molar-refractivity contribution is 8.02. The second-order valence-corrected chi connectivity index (χ2v) is 7.86. The number of carbonyl (C=O) groups excluding carboxylic acids is 1. The van der Waals surface area contributed by atoms with Gasteiger partial charge in [0.1, 0.15) is 0 Å². The van der Waals surface area contributed by atoms with Crippen LogP contribution in [-0.4, -0.2) is 28.2 Å². The zero-order valence-electron chi connectivity index (χ0n) is 15.6. The highest BCUT2D eigenvalue weighted by Gasteiger charge is 2.16. The molecule has 0 radical (unpaired) electrons. The van der Waals surface area contributed by atoms with Gasteiger partial charge in [0.05, 0.1) is 16.7 Å². The normalized spacial score (nSPS) is 13.2. The van der Waals surface area contributed by atoms with Gasteiger partial charge in [0.15, 0.2) is 0 Å². The lowest BCUT2D eigenvalue weighted by Crippen LogP contribution is -2.28. The standard InChI is InChI=1S/C23H18N4OS/c28-23(16-6-8-19(9-7-16)27-13-14-29-27)25-18-4-1-3-17(15-18)20-10-11-21-22(26-20)5-2-12-24-21/h1-12,15H,13-14H2,(H,25,28). The van der Waals surface area contributed by atoms with Crippen molar-refractivity contribution in [3.63, 3.8) is 0 Å². The van der Waals surface area contributed by atoms with E-state index in [-0.39, 0.29) is 5.91 Å². The summed E-state index contributed by atoms with van der Waals surface area (Å²) >= 11 is 1.80. The summed E-state index contributed by atoms with van der Waals surface area (Å²) in [5.74, 6) is 1.03. The lowest BCUT2D eigenvalue weighted by atomic mass is 10.1. The summed E-state index contributed by atoms with van der Waals surface area (Å²) in [5, 5.41) is 2.98. The smallest absolute Gasteiger partial charge is 0.255 e.